The molecule has 0 saturated carbocycles. The van der Waals surface area contributed by atoms with Crippen molar-refractivity contribution in [2.45, 2.75) is 38.2 Å². The van der Waals surface area contributed by atoms with E-state index >= 15 is 0 Å². The second-order valence-corrected chi connectivity index (χ2v) is 8.62. The molecule has 1 amide bonds. The van der Waals surface area contributed by atoms with Gasteiger partial charge in [0, 0.05) is 25.3 Å². The van der Waals surface area contributed by atoms with Crippen LogP contribution >= 0.6 is 11.3 Å². The fraction of sp³-hybridized carbons (Fsp3) is 0.389. The van der Waals surface area contributed by atoms with Crippen molar-refractivity contribution >= 4 is 38.4 Å². The second kappa shape index (κ2) is 9.76. The van der Waals surface area contributed by atoms with Gasteiger partial charge < -0.3 is 4.74 Å². The van der Waals surface area contributed by atoms with E-state index in [2.05, 4.69) is 9.71 Å². The van der Waals surface area contributed by atoms with Gasteiger partial charge in [0.15, 0.2) is 5.13 Å². The molecule has 2 rings (SSSR count). The molecule has 0 saturated heterocycles. The molecule has 0 aliphatic rings. The highest BCUT2D eigenvalue weighted by atomic mass is 32.2. The van der Waals surface area contributed by atoms with Gasteiger partial charge in [-0.1, -0.05) is 12.1 Å². The zero-order chi connectivity index (χ0) is 20.7. The summed E-state index contributed by atoms with van der Waals surface area (Å²) in [6.07, 6.45) is 0.610. The summed E-state index contributed by atoms with van der Waals surface area (Å²) in [5, 5.41) is 2.34. The summed E-state index contributed by atoms with van der Waals surface area (Å²) in [5.41, 5.74) is 1.43. The van der Waals surface area contributed by atoms with Crippen LogP contribution in [-0.2, 0) is 37.4 Å². The Labute approximate surface area is 168 Å². The molecule has 0 aliphatic carbocycles. The fourth-order valence-corrected chi connectivity index (χ4v) is 4.05. The first kappa shape index (κ1) is 22.0. The number of thiazole rings is 1. The molecule has 1 aromatic carbocycles. The van der Waals surface area contributed by atoms with E-state index in [0.717, 1.165) is 5.56 Å². The first-order chi connectivity index (χ1) is 13.3. The van der Waals surface area contributed by atoms with Crippen molar-refractivity contribution in [1.29, 1.82) is 0 Å². The van der Waals surface area contributed by atoms with Crippen molar-refractivity contribution in [2.75, 3.05) is 18.5 Å². The monoisotopic (exact) mass is 425 g/mol. The molecule has 1 N–H and O–H groups in total. The number of carbonyl (C=O) groups excluding carboxylic acids is 2. The number of benzene rings is 1. The minimum Gasteiger partial charge on any atom is -0.459 e. The normalized spacial score (nSPS) is 11.2. The van der Waals surface area contributed by atoms with Gasteiger partial charge in [-0.05, 0) is 38.1 Å². The van der Waals surface area contributed by atoms with Crippen LogP contribution in [0.1, 0.15) is 31.5 Å². The molecule has 0 bridgehead atoms. The molecular formula is C18H23N3O5S2. The van der Waals surface area contributed by atoms with Crippen LogP contribution < -0.4 is 9.62 Å². The van der Waals surface area contributed by atoms with E-state index in [1.165, 1.54) is 37.4 Å². The highest BCUT2D eigenvalue weighted by Gasteiger charge is 2.14. The Kier molecular flexibility index (Phi) is 7.67. The number of esters is 1. The number of ether oxygens (including phenoxy) is 1. The molecule has 28 heavy (non-hydrogen) atoms. The molecule has 0 atom stereocenters. The topological polar surface area (TPSA) is 106 Å². The Morgan fingerprint density at radius 1 is 1.25 bits per heavy atom. The first-order valence-corrected chi connectivity index (χ1v) is 11.0. The van der Waals surface area contributed by atoms with Gasteiger partial charge in [0.2, 0.25) is 15.9 Å². The number of nitrogens with one attached hydrogen (secondary N) is 1. The molecule has 0 aliphatic heterocycles. The largest absolute Gasteiger partial charge is 0.459 e. The molecule has 2 aromatic rings. The van der Waals surface area contributed by atoms with Gasteiger partial charge in [-0.25, -0.2) is 18.1 Å². The molecule has 8 nitrogen and oxygen atoms in total. The third-order valence-corrected chi connectivity index (χ3v) is 6.31. The lowest BCUT2D eigenvalue weighted by atomic mass is 10.1. The van der Waals surface area contributed by atoms with Crippen molar-refractivity contribution in [1.82, 2.24) is 9.71 Å². The van der Waals surface area contributed by atoms with E-state index in [1.54, 1.807) is 22.4 Å². The Morgan fingerprint density at radius 3 is 2.50 bits per heavy atom. The van der Waals surface area contributed by atoms with E-state index < -0.39 is 10.0 Å². The lowest BCUT2D eigenvalue weighted by Gasteiger charge is -2.14. The van der Waals surface area contributed by atoms with E-state index in [9.17, 15) is 18.0 Å². The molecule has 0 spiro atoms. The van der Waals surface area contributed by atoms with Crippen LogP contribution in [-0.4, -0.2) is 38.9 Å². The van der Waals surface area contributed by atoms with Crippen molar-refractivity contribution in [2.24, 2.45) is 0 Å². The van der Waals surface area contributed by atoms with Gasteiger partial charge in [-0.2, -0.15) is 0 Å². The molecule has 152 valence electrons. The lowest BCUT2D eigenvalue weighted by molar-refractivity contribution is -0.145. The quantitative estimate of drug-likeness (QED) is 0.617. The van der Waals surface area contributed by atoms with Crippen LogP contribution in [0, 0.1) is 0 Å². The van der Waals surface area contributed by atoms with Crippen LogP contribution in [0.15, 0.2) is 34.5 Å². The lowest BCUT2D eigenvalue weighted by Crippen LogP contribution is -2.27. The Morgan fingerprint density at radius 2 is 1.93 bits per heavy atom. The van der Waals surface area contributed by atoms with E-state index in [-0.39, 0.29) is 29.8 Å². The predicted molar refractivity (Wildman–Crippen MR) is 107 cm³/mol. The molecule has 1 aromatic heterocycles. The molecule has 0 unspecified atom stereocenters. The minimum atomic E-state index is -3.47. The summed E-state index contributed by atoms with van der Waals surface area (Å²) in [5.74, 6) is -0.464. The predicted octanol–water partition coefficient (Wildman–Crippen LogP) is 2.10. The van der Waals surface area contributed by atoms with Gasteiger partial charge >= 0.3 is 5.97 Å². The summed E-state index contributed by atoms with van der Waals surface area (Å²) in [4.78, 5) is 29.5. The van der Waals surface area contributed by atoms with Crippen molar-refractivity contribution in [3.8, 4) is 0 Å². The van der Waals surface area contributed by atoms with Crippen LogP contribution in [0.25, 0.3) is 0 Å². The number of amides is 1. The Balaban J connectivity index is 1.83. The van der Waals surface area contributed by atoms with Crippen LogP contribution in [0.3, 0.4) is 0 Å². The zero-order valence-corrected chi connectivity index (χ0v) is 17.6. The summed E-state index contributed by atoms with van der Waals surface area (Å²) in [6, 6.07) is 6.34. The Bertz CT molecular complexity index is 923. The molecular weight excluding hydrogens is 402 g/mol. The average Bonchev–Trinajstić information content (AvgIpc) is 3.14. The molecule has 0 fully saturated rings. The second-order valence-electron chi connectivity index (χ2n) is 5.90. The molecule has 0 radical (unpaired) electrons. The molecule has 1 heterocycles. The van der Waals surface area contributed by atoms with Gasteiger partial charge in [0.25, 0.3) is 0 Å². The van der Waals surface area contributed by atoms with Gasteiger partial charge in [-0.15, -0.1) is 11.3 Å². The summed E-state index contributed by atoms with van der Waals surface area (Å²) < 4.78 is 30.9. The third kappa shape index (κ3) is 5.85. The highest BCUT2D eigenvalue weighted by molar-refractivity contribution is 7.89. The highest BCUT2D eigenvalue weighted by Crippen LogP contribution is 2.21. The van der Waals surface area contributed by atoms with E-state index in [4.69, 9.17) is 4.74 Å². The van der Waals surface area contributed by atoms with Gasteiger partial charge in [0.1, 0.15) is 6.61 Å². The molecule has 10 heteroatoms. The maximum Gasteiger partial charge on any atom is 0.306 e. The Hall–Kier alpha value is -2.30. The summed E-state index contributed by atoms with van der Waals surface area (Å²) in [6.45, 7) is 3.91. The maximum absolute atomic E-state index is 12.0. The first-order valence-electron chi connectivity index (χ1n) is 8.67. The number of sulfonamides is 1. The van der Waals surface area contributed by atoms with Crippen LogP contribution in [0.2, 0.25) is 0 Å². The zero-order valence-electron chi connectivity index (χ0n) is 16.0. The average molecular weight is 426 g/mol. The van der Waals surface area contributed by atoms with Gasteiger partial charge in [0.05, 0.1) is 10.6 Å². The van der Waals surface area contributed by atoms with Crippen molar-refractivity contribution in [3.63, 3.8) is 0 Å². The number of anilines is 1. The number of rotatable bonds is 9. The number of nitrogens with zero attached hydrogens (tertiary/aromatic N) is 2. The summed E-state index contributed by atoms with van der Waals surface area (Å²) in [7, 11) is -2.12. The van der Waals surface area contributed by atoms with Gasteiger partial charge in [-0.3, -0.25) is 14.5 Å². The summed E-state index contributed by atoms with van der Waals surface area (Å²) >= 11 is 1.33. The standard InChI is InChI=1S/C18H23N3O5S2/c1-4-21(13(2)22)18-20-15(12-27-18)11-26-17(23)10-7-14-5-8-16(9-6-14)28(24,25)19-3/h5-6,8-9,12,19H,4,7,10-11H2,1-3H3. The minimum absolute atomic E-state index is 0.0458. The number of carbonyl (C=O) groups is 2. The SMILES string of the molecule is CCN(C(C)=O)c1nc(COC(=O)CCc2ccc(S(=O)(=O)NC)cc2)cs1. The van der Waals surface area contributed by atoms with Crippen molar-refractivity contribution in [3.05, 3.63) is 40.9 Å². The van der Waals surface area contributed by atoms with Crippen molar-refractivity contribution < 1.29 is 22.7 Å². The maximum atomic E-state index is 12.0. The van der Waals surface area contributed by atoms with E-state index in [1.807, 2.05) is 6.92 Å². The fourth-order valence-electron chi connectivity index (χ4n) is 2.41. The number of hydrogen-bond acceptors (Lipinski definition) is 7. The number of aromatic nitrogens is 1. The smallest absolute Gasteiger partial charge is 0.306 e. The third-order valence-electron chi connectivity index (χ3n) is 3.97. The van der Waals surface area contributed by atoms with Crippen LogP contribution in [0.5, 0.6) is 0 Å². The number of aryl methyl sites for hydroxylation is 1. The van der Waals surface area contributed by atoms with Crippen LogP contribution in [0.4, 0.5) is 5.13 Å². The number of hydrogen-bond donors (Lipinski definition) is 1. The van der Waals surface area contributed by atoms with E-state index in [0.29, 0.717) is 23.8 Å².